The maximum absolute atomic E-state index is 12.4. The maximum atomic E-state index is 12.4. The summed E-state index contributed by atoms with van der Waals surface area (Å²) in [6.45, 7) is 4.27. The van der Waals surface area contributed by atoms with Crippen LogP contribution in [0.4, 0.5) is 11.4 Å². The van der Waals surface area contributed by atoms with E-state index in [1.807, 2.05) is 13.8 Å². The number of benzene rings is 2. The van der Waals surface area contributed by atoms with Crippen molar-refractivity contribution in [2.45, 2.75) is 13.8 Å². The lowest BCUT2D eigenvalue weighted by Crippen LogP contribution is -2.13. The minimum Gasteiger partial charge on any atom is -0.495 e. The van der Waals surface area contributed by atoms with Gasteiger partial charge in [0.2, 0.25) is 0 Å². The first kappa shape index (κ1) is 17.3. The minimum absolute atomic E-state index is 0.131. The van der Waals surface area contributed by atoms with Crippen molar-refractivity contribution >= 4 is 17.3 Å². The second-order valence-corrected chi connectivity index (χ2v) is 5.01. The summed E-state index contributed by atoms with van der Waals surface area (Å²) in [4.78, 5) is 22.8. The molecule has 0 bridgehead atoms. The molecule has 0 heterocycles. The fourth-order valence-electron chi connectivity index (χ4n) is 2.21. The number of carbonyl (C=O) groups excluding carboxylic acids is 1. The van der Waals surface area contributed by atoms with Crippen LogP contribution in [0.1, 0.15) is 22.8 Å². The molecule has 24 heavy (non-hydrogen) atoms. The zero-order chi connectivity index (χ0) is 17.7. The van der Waals surface area contributed by atoms with Gasteiger partial charge in [-0.05, 0) is 43.7 Å². The molecular formula is C17H18N2O5. The van der Waals surface area contributed by atoms with Crippen LogP contribution in [0.15, 0.2) is 36.4 Å². The molecule has 1 amide bonds. The van der Waals surface area contributed by atoms with Crippen LogP contribution < -0.4 is 14.8 Å². The number of nitro benzene ring substituents is 1. The molecule has 126 valence electrons. The van der Waals surface area contributed by atoms with Gasteiger partial charge in [-0.3, -0.25) is 14.9 Å². The topological polar surface area (TPSA) is 90.7 Å². The molecule has 0 aliphatic rings. The van der Waals surface area contributed by atoms with Gasteiger partial charge in [0.25, 0.3) is 11.6 Å². The van der Waals surface area contributed by atoms with Crippen LogP contribution in [-0.2, 0) is 0 Å². The predicted molar refractivity (Wildman–Crippen MR) is 89.9 cm³/mol. The molecule has 0 unspecified atom stereocenters. The van der Waals surface area contributed by atoms with E-state index in [9.17, 15) is 14.9 Å². The molecule has 1 N–H and O–H groups in total. The van der Waals surface area contributed by atoms with Crippen LogP contribution in [0.2, 0.25) is 0 Å². The summed E-state index contributed by atoms with van der Waals surface area (Å²) in [5.74, 6) is 0.665. The van der Waals surface area contributed by atoms with Crippen molar-refractivity contribution in [2.75, 3.05) is 19.0 Å². The van der Waals surface area contributed by atoms with Gasteiger partial charge in [-0.1, -0.05) is 0 Å². The first-order chi connectivity index (χ1) is 11.5. The maximum Gasteiger partial charge on any atom is 0.271 e. The first-order valence-corrected chi connectivity index (χ1v) is 7.33. The van der Waals surface area contributed by atoms with Gasteiger partial charge in [0, 0.05) is 17.7 Å². The second-order valence-electron chi connectivity index (χ2n) is 5.01. The van der Waals surface area contributed by atoms with Gasteiger partial charge in [-0.2, -0.15) is 0 Å². The van der Waals surface area contributed by atoms with Crippen molar-refractivity contribution in [1.82, 2.24) is 0 Å². The van der Waals surface area contributed by atoms with E-state index >= 15 is 0 Å². The number of nitrogens with one attached hydrogen (secondary N) is 1. The Hall–Kier alpha value is -3.09. The van der Waals surface area contributed by atoms with Crippen LogP contribution in [-0.4, -0.2) is 24.5 Å². The Labute approximate surface area is 139 Å². The van der Waals surface area contributed by atoms with Gasteiger partial charge >= 0.3 is 0 Å². The molecule has 2 aromatic carbocycles. The molecule has 7 nitrogen and oxygen atoms in total. The van der Waals surface area contributed by atoms with Crippen molar-refractivity contribution in [2.24, 2.45) is 0 Å². The molecule has 0 aliphatic heterocycles. The van der Waals surface area contributed by atoms with E-state index in [0.717, 1.165) is 5.56 Å². The van der Waals surface area contributed by atoms with Crippen LogP contribution in [0.5, 0.6) is 11.5 Å². The van der Waals surface area contributed by atoms with E-state index in [1.54, 1.807) is 18.2 Å². The number of ether oxygens (including phenoxy) is 2. The normalized spacial score (nSPS) is 10.1. The summed E-state index contributed by atoms with van der Waals surface area (Å²) in [6.07, 6.45) is 0. The lowest BCUT2D eigenvalue weighted by atomic mass is 10.1. The van der Waals surface area contributed by atoms with E-state index in [0.29, 0.717) is 23.7 Å². The second kappa shape index (κ2) is 7.45. The summed E-state index contributed by atoms with van der Waals surface area (Å²) in [5.41, 5.74) is 1.36. The fraction of sp³-hybridized carbons (Fsp3) is 0.235. The number of non-ortho nitro benzene ring substituents is 1. The van der Waals surface area contributed by atoms with Gasteiger partial charge < -0.3 is 14.8 Å². The van der Waals surface area contributed by atoms with Crippen molar-refractivity contribution in [3.05, 3.63) is 57.6 Å². The van der Waals surface area contributed by atoms with E-state index in [4.69, 9.17) is 9.47 Å². The average molecular weight is 330 g/mol. The quantitative estimate of drug-likeness (QED) is 0.646. The molecule has 2 rings (SSSR count). The van der Waals surface area contributed by atoms with E-state index < -0.39 is 4.92 Å². The number of amides is 1. The number of carbonyl (C=O) groups is 1. The van der Waals surface area contributed by atoms with Gasteiger partial charge in [-0.25, -0.2) is 0 Å². The zero-order valence-electron chi connectivity index (χ0n) is 13.7. The fourth-order valence-corrected chi connectivity index (χ4v) is 2.21. The zero-order valence-corrected chi connectivity index (χ0v) is 13.7. The monoisotopic (exact) mass is 330 g/mol. The van der Waals surface area contributed by atoms with Gasteiger partial charge in [0.05, 0.1) is 24.3 Å². The lowest BCUT2D eigenvalue weighted by Gasteiger charge is -2.12. The number of rotatable bonds is 6. The largest absolute Gasteiger partial charge is 0.495 e. The molecule has 0 saturated heterocycles. The summed E-state index contributed by atoms with van der Waals surface area (Å²) in [5, 5.41) is 13.5. The lowest BCUT2D eigenvalue weighted by molar-refractivity contribution is -0.384. The van der Waals surface area contributed by atoms with Crippen molar-refractivity contribution < 1.29 is 19.2 Å². The van der Waals surface area contributed by atoms with Gasteiger partial charge in [-0.15, -0.1) is 0 Å². The predicted octanol–water partition coefficient (Wildman–Crippen LogP) is 3.56. The molecule has 0 aromatic heterocycles. The molecule has 0 aliphatic carbocycles. The summed E-state index contributed by atoms with van der Waals surface area (Å²) in [6, 6.07) is 9.07. The van der Waals surface area contributed by atoms with Crippen LogP contribution >= 0.6 is 0 Å². The standard InChI is InChI=1S/C17H18N2O5/c1-4-24-15-7-5-12(9-11(15)2)17(20)18-14-10-13(19(21)22)6-8-16(14)23-3/h5-10H,4H2,1-3H3,(H,18,20). The van der Waals surface area contributed by atoms with Crippen LogP contribution in [0, 0.1) is 17.0 Å². The van der Waals surface area contributed by atoms with Crippen molar-refractivity contribution in [1.29, 1.82) is 0 Å². The third-order valence-corrected chi connectivity index (χ3v) is 3.38. The third-order valence-electron chi connectivity index (χ3n) is 3.38. The molecule has 7 heteroatoms. The molecule has 0 saturated carbocycles. The Morgan fingerprint density at radius 1 is 1.21 bits per heavy atom. The highest BCUT2D eigenvalue weighted by molar-refractivity contribution is 6.05. The smallest absolute Gasteiger partial charge is 0.271 e. The number of methoxy groups -OCH3 is 1. The Kier molecular flexibility index (Phi) is 5.36. The molecular weight excluding hydrogens is 312 g/mol. The number of hydrogen-bond donors (Lipinski definition) is 1. The van der Waals surface area contributed by atoms with Gasteiger partial charge in [0.1, 0.15) is 11.5 Å². The highest BCUT2D eigenvalue weighted by atomic mass is 16.6. The summed E-state index contributed by atoms with van der Waals surface area (Å²) in [7, 11) is 1.43. The van der Waals surface area contributed by atoms with E-state index in [-0.39, 0.29) is 17.3 Å². The Morgan fingerprint density at radius 2 is 1.92 bits per heavy atom. The average Bonchev–Trinajstić information content (AvgIpc) is 2.56. The van der Waals surface area contributed by atoms with E-state index in [2.05, 4.69) is 5.32 Å². The number of nitrogens with zero attached hydrogens (tertiary/aromatic N) is 1. The molecule has 0 radical (unpaired) electrons. The summed E-state index contributed by atoms with van der Waals surface area (Å²) >= 11 is 0. The Bertz CT molecular complexity index is 774. The number of hydrogen-bond acceptors (Lipinski definition) is 5. The molecule has 0 fully saturated rings. The van der Waals surface area contributed by atoms with Crippen molar-refractivity contribution in [3.8, 4) is 11.5 Å². The van der Waals surface area contributed by atoms with Crippen LogP contribution in [0.3, 0.4) is 0 Å². The Morgan fingerprint density at radius 3 is 2.50 bits per heavy atom. The highest BCUT2D eigenvalue weighted by Crippen LogP contribution is 2.29. The van der Waals surface area contributed by atoms with Crippen molar-refractivity contribution in [3.63, 3.8) is 0 Å². The number of nitro groups is 1. The molecule has 0 atom stereocenters. The summed E-state index contributed by atoms with van der Waals surface area (Å²) < 4.78 is 10.6. The SMILES string of the molecule is CCOc1ccc(C(=O)Nc2cc([N+](=O)[O-])ccc2OC)cc1C. The highest BCUT2D eigenvalue weighted by Gasteiger charge is 2.15. The first-order valence-electron chi connectivity index (χ1n) is 7.33. The number of aryl methyl sites for hydroxylation is 1. The Balaban J connectivity index is 2.27. The van der Waals surface area contributed by atoms with Crippen LogP contribution in [0.25, 0.3) is 0 Å². The molecule has 0 spiro atoms. The molecule has 2 aromatic rings. The minimum atomic E-state index is -0.532. The van der Waals surface area contributed by atoms with E-state index in [1.165, 1.54) is 25.3 Å². The van der Waals surface area contributed by atoms with Gasteiger partial charge in [0.15, 0.2) is 0 Å². The number of anilines is 1. The third kappa shape index (κ3) is 3.81.